The van der Waals surface area contributed by atoms with Crippen LogP contribution in [0.3, 0.4) is 0 Å². The number of likely N-dealkylation sites (tertiary alicyclic amines) is 1. The molecule has 4 heterocycles. The first-order chi connectivity index (χ1) is 11.6. The minimum absolute atomic E-state index is 0.0952. The zero-order chi connectivity index (χ0) is 16.7. The van der Waals surface area contributed by atoms with Gasteiger partial charge in [0.2, 0.25) is 0 Å². The third-order valence-electron chi connectivity index (χ3n) is 4.14. The molecule has 1 saturated heterocycles. The van der Waals surface area contributed by atoms with E-state index < -0.39 is 0 Å². The maximum absolute atomic E-state index is 12.6. The minimum Gasteiger partial charge on any atom is -0.336 e. The number of thiophene rings is 1. The normalized spacial score (nSPS) is 17.6. The smallest absolute Gasteiger partial charge is 0.280 e. The number of aryl methyl sites for hydroxylation is 2. The molecular formula is C15H16N6O2S. The minimum atomic E-state index is 0.0952. The van der Waals surface area contributed by atoms with Gasteiger partial charge in [-0.1, -0.05) is 10.4 Å². The average molecular weight is 344 g/mol. The second-order valence-electron chi connectivity index (χ2n) is 5.86. The van der Waals surface area contributed by atoms with Gasteiger partial charge in [0.1, 0.15) is 0 Å². The molecule has 124 valence electrons. The van der Waals surface area contributed by atoms with Crippen LogP contribution in [0.15, 0.2) is 22.2 Å². The van der Waals surface area contributed by atoms with Crippen molar-refractivity contribution in [2.24, 2.45) is 0 Å². The van der Waals surface area contributed by atoms with Gasteiger partial charge < -0.3 is 9.42 Å². The van der Waals surface area contributed by atoms with Crippen molar-refractivity contribution < 1.29 is 9.32 Å². The van der Waals surface area contributed by atoms with Gasteiger partial charge in [-0.15, -0.1) is 16.4 Å². The summed E-state index contributed by atoms with van der Waals surface area (Å²) in [6.07, 6.45) is 2.64. The van der Waals surface area contributed by atoms with Crippen LogP contribution in [-0.2, 0) is 0 Å². The maximum Gasteiger partial charge on any atom is 0.280 e. The SMILES string of the molecule is Cc1noc(-c2cn(C3CCN(C(=O)c4sccc4C)C3)nn2)n1. The third kappa shape index (κ3) is 2.60. The highest BCUT2D eigenvalue weighted by atomic mass is 32.1. The van der Waals surface area contributed by atoms with Crippen molar-refractivity contribution in [3.8, 4) is 11.6 Å². The molecule has 1 unspecified atom stereocenters. The topological polar surface area (TPSA) is 89.9 Å². The van der Waals surface area contributed by atoms with Crippen molar-refractivity contribution in [1.29, 1.82) is 0 Å². The molecule has 24 heavy (non-hydrogen) atoms. The van der Waals surface area contributed by atoms with E-state index in [2.05, 4.69) is 20.5 Å². The molecule has 0 radical (unpaired) electrons. The molecule has 4 rings (SSSR count). The van der Waals surface area contributed by atoms with E-state index in [1.54, 1.807) is 17.8 Å². The highest BCUT2D eigenvalue weighted by Gasteiger charge is 2.30. The van der Waals surface area contributed by atoms with Crippen LogP contribution < -0.4 is 0 Å². The number of hydrogen-bond donors (Lipinski definition) is 0. The Hall–Kier alpha value is -2.55. The molecule has 0 saturated carbocycles. The van der Waals surface area contributed by atoms with Crippen molar-refractivity contribution in [3.63, 3.8) is 0 Å². The van der Waals surface area contributed by atoms with E-state index in [1.807, 2.05) is 23.3 Å². The van der Waals surface area contributed by atoms with Gasteiger partial charge in [-0.25, -0.2) is 4.68 Å². The van der Waals surface area contributed by atoms with Crippen molar-refractivity contribution in [2.45, 2.75) is 26.3 Å². The van der Waals surface area contributed by atoms with Crippen LogP contribution in [0.2, 0.25) is 0 Å². The van der Waals surface area contributed by atoms with Crippen molar-refractivity contribution in [1.82, 2.24) is 30.0 Å². The maximum atomic E-state index is 12.6. The standard InChI is InChI=1S/C15H16N6O2S/c1-9-4-6-24-13(9)15(22)20-5-3-11(7-20)21-8-12(17-19-21)14-16-10(2)18-23-14/h4,6,8,11H,3,5,7H2,1-2H3. The Morgan fingerprint density at radius 2 is 2.29 bits per heavy atom. The van der Waals surface area contributed by atoms with Crippen LogP contribution >= 0.6 is 11.3 Å². The summed E-state index contributed by atoms with van der Waals surface area (Å²) in [4.78, 5) is 19.4. The third-order valence-corrected chi connectivity index (χ3v) is 5.14. The molecule has 3 aromatic rings. The molecule has 8 nitrogen and oxygen atoms in total. The number of aromatic nitrogens is 5. The first kappa shape index (κ1) is 15.0. The van der Waals surface area contributed by atoms with E-state index in [0.717, 1.165) is 23.4 Å². The van der Waals surface area contributed by atoms with Crippen molar-refractivity contribution >= 4 is 17.2 Å². The van der Waals surface area contributed by atoms with Crippen molar-refractivity contribution in [3.05, 3.63) is 33.9 Å². The van der Waals surface area contributed by atoms with Crippen LogP contribution in [0.25, 0.3) is 11.6 Å². The van der Waals surface area contributed by atoms with E-state index in [-0.39, 0.29) is 11.9 Å². The largest absolute Gasteiger partial charge is 0.336 e. The predicted octanol–water partition coefficient (Wildman–Crippen LogP) is 2.09. The lowest BCUT2D eigenvalue weighted by Gasteiger charge is -2.16. The number of amides is 1. The second-order valence-corrected chi connectivity index (χ2v) is 6.77. The number of carbonyl (C=O) groups is 1. The molecule has 0 aliphatic carbocycles. The summed E-state index contributed by atoms with van der Waals surface area (Å²) in [6, 6.07) is 2.08. The summed E-state index contributed by atoms with van der Waals surface area (Å²) in [7, 11) is 0. The van der Waals surface area contributed by atoms with E-state index in [4.69, 9.17) is 4.52 Å². The second kappa shape index (κ2) is 5.82. The fourth-order valence-electron chi connectivity index (χ4n) is 2.83. The quantitative estimate of drug-likeness (QED) is 0.723. The lowest BCUT2D eigenvalue weighted by Crippen LogP contribution is -2.29. The molecule has 1 fully saturated rings. The van der Waals surface area contributed by atoms with Crippen LogP contribution in [0, 0.1) is 13.8 Å². The fraction of sp³-hybridized carbons (Fsp3) is 0.400. The monoisotopic (exact) mass is 344 g/mol. The Morgan fingerprint density at radius 1 is 1.42 bits per heavy atom. The molecule has 0 spiro atoms. The Labute approximate surface area is 142 Å². The van der Waals surface area contributed by atoms with Crippen molar-refractivity contribution in [2.75, 3.05) is 13.1 Å². The van der Waals surface area contributed by atoms with E-state index >= 15 is 0 Å². The summed E-state index contributed by atoms with van der Waals surface area (Å²) < 4.78 is 6.89. The van der Waals surface area contributed by atoms with Gasteiger partial charge in [0.25, 0.3) is 11.8 Å². The summed E-state index contributed by atoms with van der Waals surface area (Å²) in [6.45, 7) is 5.06. The molecule has 0 N–H and O–H groups in total. The van der Waals surface area contributed by atoms with E-state index in [1.165, 1.54) is 11.3 Å². The lowest BCUT2D eigenvalue weighted by molar-refractivity contribution is 0.0791. The van der Waals surface area contributed by atoms with Gasteiger partial charge >= 0.3 is 0 Å². The molecule has 9 heteroatoms. The lowest BCUT2D eigenvalue weighted by atomic mass is 10.2. The number of nitrogens with zero attached hydrogens (tertiary/aromatic N) is 6. The fourth-order valence-corrected chi connectivity index (χ4v) is 3.72. The number of rotatable bonds is 3. The summed E-state index contributed by atoms with van der Waals surface area (Å²) in [5, 5.41) is 14.0. The van der Waals surface area contributed by atoms with Gasteiger partial charge in [-0.2, -0.15) is 4.98 Å². The molecule has 3 aromatic heterocycles. The average Bonchev–Trinajstić information content (AvgIpc) is 3.33. The van der Waals surface area contributed by atoms with Gasteiger partial charge in [-0.3, -0.25) is 4.79 Å². The Kier molecular flexibility index (Phi) is 3.64. The first-order valence-corrected chi connectivity index (χ1v) is 8.55. The zero-order valence-electron chi connectivity index (χ0n) is 13.3. The van der Waals surface area contributed by atoms with E-state index in [0.29, 0.717) is 24.0 Å². The summed E-state index contributed by atoms with van der Waals surface area (Å²) in [5.41, 5.74) is 1.58. The van der Waals surface area contributed by atoms with E-state index in [9.17, 15) is 4.79 Å². The number of hydrogen-bond acceptors (Lipinski definition) is 7. The van der Waals surface area contributed by atoms with Crippen LogP contribution in [0.1, 0.15) is 33.5 Å². The molecular weight excluding hydrogens is 328 g/mol. The van der Waals surface area contributed by atoms with Crippen LogP contribution in [0.4, 0.5) is 0 Å². The van der Waals surface area contributed by atoms with Gasteiger partial charge in [0.15, 0.2) is 11.5 Å². The van der Waals surface area contributed by atoms with Gasteiger partial charge in [0, 0.05) is 13.1 Å². The molecule has 0 bridgehead atoms. The molecule has 1 aliphatic rings. The summed E-state index contributed by atoms with van der Waals surface area (Å²) in [5.74, 6) is 1.01. The molecule has 1 atom stereocenters. The highest BCUT2D eigenvalue weighted by molar-refractivity contribution is 7.12. The van der Waals surface area contributed by atoms with Crippen LogP contribution in [0.5, 0.6) is 0 Å². The zero-order valence-corrected chi connectivity index (χ0v) is 14.2. The molecule has 1 aliphatic heterocycles. The molecule has 0 aromatic carbocycles. The molecule has 1 amide bonds. The Bertz CT molecular complexity index is 882. The van der Waals surface area contributed by atoms with Gasteiger partial charge in [0.05, 0.1) is 17.1 Å². The van der Waals surface area contributed by atoms with Gasteiger partial charge in [-0.05, 0) is 37.3 Å². The highest BCUT2D eigenvalue weighted by Crippen LogP contribution is 2.26. The number of carbonyl (C=O) groups excluding carboxylic acids is 1. The first-order valence-electron chi connectivity index (χ1n) is 7.67. The summed E-state index contributed by atoms with van der Waals surface area (Å²) >= 11 is 1.49. The predicted molar refractivity (Wildman–Crippen MR) is 86.7 cm³/mol. The Balaban J connectivity index is 1.48. The Morgan fingerprint density at radius 3 is 3.00 bits per heavy atom. The van der Waals surface area contributed by atoms with Crippen LogP contribution in [-0.4, -0.2) is 49.0 Å².